The average Bonchev–Trinajstić information content (AvgIpc) is 2.64. The van der Waals surface area contributed by atoms with Crippen molar-refractivity contribution in [3.05, 3.63) is 68.0 Å². The van der Waals surface area contributed by atoms with Gasteiger partial charge in [0.15, 0.2) is 0 Å². The first-order chi connectivity index (χ1) is 12.8. The average molecular weight is 394 g/mol. The van der Waals surface area contributed by atoms with Crippen LogP contribution in [0.1, 0.15) is 24.9 Å². The zero-order chi connectivity index (χ0) is 19.6. The SMILES string of the molecule is C[C@@]1(O)CCN(C(=O)OCc2ccccc2)C[C@H]1n1cc(Cl)c(=O)[nH]c1=O. The summed E-state index contributed by atoms with van der Waals surface area (Å²) in [5.41, 5.74) is -1.81. The first kappa shape index (κ1) is 19.2. The quantitative estimate of drug-likeness (QED) is 0.822. The van der Waals surface area contributed by atoms with Gasteiger partial charge in [0.1, 0.15) is 11.6 Å². The lowest BCUT2D eigenvalue weighted by Crippen LogP contribution is -2.55. The number of carbonyl (C=O) groups is 1. The molecule has 2 atom stereocenters. The Morgan fingerprint density at radius 2 is 2.07 bits per heavy atom. The van der Waals surface area contributed by atoms with E-state index >= 15 is 0 Å². The van der Waals surface area contributed by atoms with Crippen molar-refractivity contribution in [2.75, 3.05) is 13.1 Å². The van der Waals surface area contributed by atoms with Crippen LogP contribution in [0, 0.1) is 0 Å². The van der Waals surface area contributed by atoms with Gasteiger partial charge < -0.3 is 14.7 Å². The first-order valence-corrected chi connectivity index (χ1v) is 8.85. The number of nitrogens with one attached hydrogen (secondary N) is 1. The molecule has 1 aromatic heterocycles. The lowest BCUT2D eigenvalue weighted by molar-refractivity contribution is -0.0502. The van der Waals surface area contributed by atoms with Crippen LogP contribution in [0.25, 0.3) is 0 Å². The molecule has 0 spiro atoms. The maximum atomic E-state index is 12.4. The van der Waals surface area contributed by atoms with Gasteiger partial charge in [-0.05, 0) is 18.9 Å². The summed E-state index contributed by atoms with van der Waals surface area (Å²) >= 11 is 5.82. The summed E-state index contributed by atoms with van der Waals surface area (Å²) in [5, 5.41) is 10.5. The number of aromatic nitrogens is 2. The van der Waals surface area contributed by atoms with Crippen LogP contribution in [0.5, 0.6) is 0 Å². The van der Waals surface area contributed by atoms with E-state index in [1.807, 2.05) is 30.3 Å². The highest BCUT2D eigenvalue weighted by molar-refractivity contribution is 6.30. The lowest BCUT2D eigenvalue weighted by atomic mass is 9.88. The molecular weight excluding hydrogens is 374 g/mol. The molecule has 27 heavy (non-hydrogen) atoms. The van der Waals surface area contributed by atoms with Gasteiger partial charge in [0.25, 0.3) is 5.56 Å². The molecule has 1 aliphatic rings. The molecule has 0 radical (unpaired) electrons. The maximum absolute atomic E-state index is 12.4. The smallest absolute Gasteiger partial charge is 0.410 e. The topological polar surface area (TPSA) is 105 Å². The Bertz CT molecular complexity index is 938. The van der Waals surface area contributed by atoms with Crippen LogP contribution in [0.3, 0.4) is 0 Å². The molecule has 9 heteroatoms. The number of nitrogens with zero attached hydrogens (tertiary/aromatic N) is 2. The van der Waals surface area contributed by atoms with Gasteiger partial charge in [0, 0.05) is 19.3 Å². The molecule has 0 bridgehead atoms. The Labute approximate surface area is 160 Å². The van der Waals surface area contributed by atoms with Gasteiger partial charge in [-0.15, -0.1) is 0 Å². The van der Waals surface area contributed by atoms with E-state index in [1.54, 1.807) is 6.92 Å². The predicted molar refractivity (Wildman–Crippen MR) is 98.8 cm³/mol. The number of halogens is 1. The van der Waals surface area contributed by atoms with Gasteiger partial charge in [-0.25, -0.2) is 9.59 Å². The predicted octanol–water partition coefficient (Wildman–Crippen LogP) is 1.52. The van der Waals surface area contributed by atoms with E-state index in [0.29, 0.717) is 0 Å². The molecule has 3 rings (SSSR count). The van der Waals surface area contributed by atoms with Gasteiger partial charge >= 0.3 is 11.8 Å². The van der Waals surface area contributed by atoms with E-state index in [1.165, 1.54) is 11.1 Å². The largest absolute Gasteiger partial charge is 0.445 e. The number of rotatable bonds is 3. The van der Waals surface area contributed by atoms with E-state index in [4.69, 9.17) is 16.3 Å². The Morgan fingerprint density at radius 3 is 2.78 bits per heavy atom. The van der Waals surface area contributed by atoms with E-state index < -0.39 is 29.0 Å². The van der Waals surface area contributed by atoms with Gasteiger partial charge in [-0.3, -0.25) is 14.3 Å². The second-order valence-electron chi connectivity index (χ2n) is 6.75. The Balaban J connectivity index is 1.77. The van der Waals surface area contributed by atoms with Crippen LogP contribution in [0.2, 0.25) is 5.02 Å². The number of likely N-dealkylation sites (tertiary alicyclic amines) is 1. The van der Waals surface area contributed by atoms with E-state index in [0.717, 1.165) is 10.1 Å². The fourth-order valence-corrected chi connectivity index (χ4v) is 3.23. The van der Waals surface area contributed by atoms with Crippen LogP contribution in [-0.2, 0) is 11.3 Å². The summed E-state index contributed by atoms with van der Waals surface area (Å²) in [6, 6.07) is 8.48. The second kappa shape index (κ2) is 7.58. The molecular formula is C18H20ClN3O5. The van der Waals surface area contributed by atoms with E-state index in [-0.39, 0.29) is 31.1 Å². The highest BCUT2D eigenvalue weighted by Crippen LogP contribution is 2.31. The van der Waals surface area contributed by atoms with E-state index in [2.05, 4.69) is 4.98 Å². The molecule has 8 nitrogen and oxygen atoms in total. The van der Waals surface area contributed by atoms with Crippen molar-refractivity contribution >= 4 is 17.7 Å². The standard InChI is InChI=1S/C18H20ClN3O5/c1-18(26)7-8-21(17(25)27-11-12-5-3-2-4-6-12)10-14(18)22-9-13(19)15(23)20-16(22)24/h2-6,9,14,26H,7-8,10-11H2,1H3,(H,20,23,24)/t14-,18-/m1/s1. The van der Waals surface area contributed by atoms with Crippen LogP contribution >= 0.6 is 11.6 Å². The molecule has 2 N–H and O–H groups in total. The molecule has 1 aromatic carbocycles. The van der Waals surface area contributed by atoms with E-state index in [9.17, 15) is 19.5 Å². The fraction of sp³-hybridized carbons (Fsp3) is 0.389. The molecule has 2 aromatic rings. The van der Waals surface area contributed by atoms with Crippen molar-refractivity contribution in [3.63, 3.8) is 0 Å². The summed E-state index contributed by atoms with van der Waals surface area (Å²) in [6.45, 7) is 2.03. The number of hydrogen-bond acceptors (Lipinski definition) is 5. The number of aromatic amines is 1. The highest BCUT2D eigenvalue weighted by atomic mass is 35.5. The van der Waals surface area contributed by atoms with Gasteiger partial charge in [0.2, 0.25) is 0 Å². The number of amides is 1. The summed E-state index contributed by atoms with van der Waals surface area (Å²) < 4.78 is 6.48. The zero-order valence-electron chi connectivity index (χ0n) is 14.7. The number of aliphatic hydroxyl groups is 1. The Kier molecular flexibility index (Phi) is 5.38. The molecule has 0 aliphatic carbocycles. The fourth-order valence-electron chi connectivity index (χ4n) is 3.08. The lowest BCUT2D eigenvalue weighted by Gasteiger charge is -2.42. The molecule has 1 amide bonds. The van der Waals surface area contributed by atoms with Gasteiger partial charge in [-0.2, -0.15) is 0 Å². The number of ether oxygens (including phenoxy) is 1. The summed E-state index contributed by atoms with van der Waals surface area (Å²) in [4.78, 5) is 39.6. The van der Waals surface area contributed by atoms with Gasteiger partial charge in [-0.1, -0.05) is 41.9 Å². The third-order valence-corrected chi connectivity index (χ3v) is 4.99. The number of piperidine rings is 1. The highest BCUT2D eigenvalue weighted by Gasteiger charge is 2.41. The summed E-state index contributed by atoms with van der Waals surface area (Å²) in [5.74, 6) is 0. The van der Waals surface area contributed by atoms with Crippen molar-refractivity contribution in [1.29, 1.82) is 0 Å². The third kappa shape index (κ3) is 4.23. The first-order valence-electron chi connectivity index (χ1n) is 8.47. The second-order valence-corrected chi connectivity index (χ2v) is 7.16. The molecule has 0 unspecified atom stereocenters. The van der Waals surface area contributed by atoms with Gasteiger partial charge in [0.05, 0.1) is 11.6 Å². The minimum Gasteiger partial charge on any atom is -0.445 e. The molecule has 0 saturated carbocycles. The molecule has 1 fully saturated rings. The summed E-state index contributed by atoms with van der Waals surface area (Å²) in [6.07, 6.45) is 0.880. The molecule has 144 valence electrons. The molecule has 1 aliphatic heterocycles. The molecule has 1 saturated heterocycles. The Morgan fingerprint density at radius 1 is 1.37 bits per heavy atom. The monoisotopic (exact) mass is 393 g/mol. The summed E-state index contributed by atoms with van der Waals surface area (Å²) in [7, 11) is 0. The van der Waals surface area contributed by atoms with Crippen LogP contribution in [0.15, 0.2) is 46.1 Å². The van der Waals surface area contributed by atoms with Crippen LogP contribution in [0.4, 0.5) is 4.79 Å². The van der Waals surface area contributed by atoms with Crippen molar-refractivity contribution in [2.24, 2.45) is 0 Å². The minimum absolute atomic E-state index is 0.0445. The number of carbonyl (C=O) groups excluding carboxylic acids is 1. The number of H-pyrrole nitrogens is 1. The zero-order valence-corrected chi connectivity index (χ0v) is 15.5. The Hall–Kier alpha value is -2.58. The van der Waals surface area contributed by atoms with Crippen LogP contribution < -0.4 is 11.2 Å². The van der Waals surface area contributed by atoms with Crippen molar-refractivity contribution in [2.45, 2.75) is 31.6 Å². The van der Waals surface area contributed by atoms with Crippen molar-refractivity contribution < 1.29 is 14.6 Å². The maximum Gasteiger partial charge on any atom is 0.410 e. The van der Waals surface area contributed by atoms with Crippen LogP contribution in [-0.4, -0.2) is 44.3 Å². The van der Waals surface area contributed by atoms with Crippen molar-refractivity contribution in [1.82, 2.24) is 14.5 Å². The normalized spacial score (nSPS) is 22.5. The van der Waals surface area contributed by atoms with Crippen molar-refractivity contribution in [3.8, 4) is 0 Å². The third-order valence-electron chi connectivity index (χ3n) is 4.72. The number of benzene rings is 1. The minimum atomic E-state index is -1.26. The molecule has 2 heterocycles. The number of hydrogen-bond donors (Lipinski definition) is 2.